The molecule has 0 unspecified atom stereocenters. The summed E-state index contributed by atoms with van der Waals surface area (Å²) in [5, 5.41) is 3.41. The lowest BCUT2D eigenvalue weighted by Crippen LogP contribution is -2.13. The normalized spacial score (nSPS) is 9.75. The van der Waals surface area contributed by atoms with Crippen molar-refractivity contribution >= 4 is 12.4 Å². The number of hydrogen-bond acceptors (Lipinski definition) is 4. The highest BCUT2D eigenvalue weighted by molar-refractivity contribution is 5.85. The summed E-state index contributed by atoms with van der Waals surface area (Å²) in [5.74, 6) is 2.34. The topological polar surface area (TPSA) is 39.7 Å². The Morgan fingerprint density at radius 2 is 1.71 bits per heavy atom. The van der Waals surface area contributed by atoms with Gasteiger partial charge < -0.3 is 19.5 Å². The number of ether oxygens (including phenoxy) is 3. The lowest BCUT2D eigenvalue weighted by Gasteiger charge is -2.12. The van der Waals surface area contributed by atoms with Crippen LogP contribution in [0.2, 0.25) is 0 Å². The molecule has 0 saturated heterocycles. The first-order valence-corrected chi connectivity index (χ1v) is 7.51. The molecule has 0 fully saturated rings. The first kappa shape index (κ1) is 19.9. The third kappa shape index (κ3) is 5.48. The van der Waals surface area contributed by atoms with E-state index in [1.165, 1.54) is 0 Å². The second kappa shape index (κ2) is 10.6. The van der Waals surface area contributed by atoms with E-state index < -0.39 is 0 Å². The van der Waals surface area contributed by atoms with Gasteiger partial charge in [0.1, 0.15) is 12.4 Å². The van der Waals surface area contributed by atoms with E-state index >= 15 is 0 Å². The van der Waals surface area contributed by atoms with E-state index in [0.717, 1.165) is 41.5 Å². The van der Waals surface area contributed by atoms with Gasteiger partial charge in [0.25, 0.3) is 0 Å². The Kier molecular flexibility index (Phi) is 8.76. The van der Waals surface area contributed by atoms with Gasteiger partial charge in [0.15, 0.2) is 11.5 Å². The molecular formula is C19H24ClNO3. The highest BCUT2D eigenvalue weighted by Gasteiger charge is 2.06. The van der Waals surface area contributed by atoms with Crippen LogP contribution in [0.5, 0.6) is 17.2 Å². The van der Waals surface area contributed by atoms with Gasteiger partial charge >= 0.3 is 0 Å². The molecule has 2 aromatic carbocycles. The highest BCUT2D eigenvalue weighted by atomic mass is 35.5. The summed E-state index contributed by atoms with van der Waals surface area (Å²) in [6, 6.07) is 13.9. The number of hydrogen-bond donors (Lipinski definition) is 1. The van der Waals surface area contributed by atoms with Gasteiger partial charge in [0.2, 0.25) is 0 Å². The number of benzene rings is 2. The first-order valence-electron chi connectivity index (χ1n) is 7.51. The molecule has 0 aliphatic rings. The summed E-state index contributed by atoms with van der Waals surface area (Å²) in [6.45, 7) is 5.58. The van der Waals surface area contributed by atoms with Crippen molar-refractivity contribution in [3.8, 4) is 17.2 Å². The van der Waals surface area contributed by atoms with Crippen molar-refractivity contribution in [3.05, 3.63) is 66.2 Å². The van der Waals surface area contributed by atoms with E-state index in [9.17, 15) is 0 Å². The summed E-state index contributed by atoms with van der Waals surface area (Å²) < 4.78 is 16.3. The number of para-hydroxylation sites is 1. The van der Waals surface area contributed by atoms with Crippen molar-refractivity contribution in [2.24, 2.45) is 0 Å². The van der Waals surface area contributed by atoms with Gasteiger partial charge in [-0.05, 0) is 23.8 Å². The van der Waals surface area contributed by atoms with Crippen molar-refractivity contribution < 1.29 is 14.2 Å². The maximum Gasteiger partial charge on any atom is 0.161 e. The zero-order chi connectivity index (χ0) is 16.5. The molecule has 0 aliphatic heterocycles. The monoisotopic (exact) mass is 349 g/mol. The Balaban J connectivity index is 0.00000288. The molecule has 0 heterocycles. The van der Waals surface area contributed by atoms with Crippen molar-refractivity contribution in [1.29, 1.82) is 0 Å². The zero-order valence-corrected chi connectivity index (χ0v) is 14.9. The minimum atomic E-state index is 0. The molecule has 4 nitrogen and oxygen atoms in total. The lowest BCUT2D eigenvalue weighted by atomic mass is 10.1. The number of halogens is 1. The van der Waals surface area contributed by atoms with Gasteiger partial charge in [-0.15, -0.1) is 12.4 Å². The van der Waals surface area contributed by atoms with Crippen LogP contribution in [0.3, 0.4) is 0 Å². The fraction of sp³-hybridized carbons (Fsp3) is 0.263. The summed E-state index contributed by atoms with van der Waals surface area (Å²) in [7, 11) is 3.33. The summed E-state index contributed by atoms with van der Waals surface area (Å²) >= 11 is 0. The molecule has 5 heteroatoms. The average Bonchev–Trinajstić information content (AvgIpc) is 2.60. The fourth-order valence-electron chi connectivity index (χ4n) is 2.28. The molecule has 1 N–H and O–H groups in total. The van der Waals surface area contributed by atoms with Crippen LogP contribution >= 0.6 is 12.4 Å². The molecule has 0 atom stereocenters. The first-order chi connectivity index (χ1) is 11.3. The van der Waals surface area contributed by atoms with Gasteiger partial charge in [0.05, 0.1) is 14.2 Å². The van der Waals surface area contributed by atoms with Crippen LogP contribution in [-0.2, 0) is 13.1 Å². The molecule has 24 heavy (non-hydrogen) atoms. The molecule has 0 bridgehead atoms. The molecule has 2 rings (SSSR count). The number of nitrogens with one attached hydrogen (secondary N) is 1. The van der Waals surface area contributed by atoms with Gasteiger partial charge in [-0.3, -0.25) is 0 Å². The smallest absolute Gasteiger partial charge is 0.161 e. The Hall–Kier alpha value is -2.17. The molecule has 0 saturated carbocycles. The molecule has 2 aromatic rings. The maximum atomic E-state index is 5.56. The SMILES string of the molecule is C=CCOc1ccc(CNCc2ccccc2OC)cc1OC.Cl. The van der Waals surface area contributed by atoms with Gasteiger partial charge in [0, 0.05) is 18.7 Å². The predicted octanol–water partition coefficient (Wildman–Crippen LogP) is 3.98. The van der Waals surface area contributed by atoms with E-state index in [1.54, 1.807) is 20.3 Å². The second-order valence-electron chi connectivity index (χ2n) is 5.00. The molecule has 0 amide bonds. The Bertz CT molecular complexity index is 646. The molecule has 0 aromatic heterocycles. The van der Waals surface area contributed by atoms with Gasteiger partial charge in [-0.2, -0.15) is 0 Å². The van der Waals surface area contributed by atoms with Crippen LogP contribution in [0.15, 0.2) is 55.1 Å². The van der Waals surface area contributed by atoms with E-state index in [1.807, 2.05) is 36.4 Å². The molecule has 0 spiro atoms. The van der Waals surface area contributed by atoms with Crippen LogP contribution in [0.1, 0.15) is 11.1 Å². The summed E-state index contributed by atoms with van der Waals surface area (Å²) in [4.78, 5) is 0. The van der Waals surface area contributed by atoms with Crippen molar-refractivity contribution in [3.63, 3.8) is 0 Å². The van der Waals surface area contributed by atoms with E-state index in [2.05, 4.69) is 18.0 Å². The molecule has 130 valence electrons. The Morgan fingerprint density at radius 3 is 2.42 bits per heavy atom. The summed E-state index contributed by atoms with van der Waals surface area (Å²) in [6.07, 6.45) is 1.71. The van der Waals surface area contributed by atoms with Crippen molar-refractivity contribution in [2.45, 2.75) is 13.1 Å². The molecular weight excluding hydrogens is 326 g/mol. The van der Waals surface area contributed by atoms with E-state index in [0.29, 0.717) is 6.61 Å². The third-order valence-electron chi connectivity index (χ3n) is 3.42. The van der Waals surface area contributed by atoms with Crippen molar-refractivity contribution in [2.75, 3.05) is 20.8 Å². The summed E-state index contributed by atoms with van der Waals surface area (Å²) in [5.41, 5.74) is 2.26. The Labute approximate surface area is 149 Å². The number of methoxy groups -OCH3 is 2. The van der Waals surface area contributed by atoms with Crippen LogP contribution in [0, 0.1) is 0 Å². The van der Waals surface area contributed by atoms with Crippen LogP contribution < -0.4 is 19.5 Å². The quantitative estimate of drug-likeness (QED) is 0.695. The van der Waals surface area contributed by atoms with Gasteiger partial charge in [-0.1, -0.05) is 36.9 Å². The highest BCUT2D eigenvalue weighted by Crippen LogP contribution is 2.28. The average molecular weight is 350 g/mol. The maximum absolute atomic E-state index is 5.56. The fourth-order valence-corrected chi connectivity index (χ4v) is 2.28. The van der Waals surface area contributed by atoms with Gasteiger partial charge in [-0.25, -0.2) is 0 Å². The van der Waals surface area contributed by atoms with Crippen LogP contribution in [0.4, 0.5) is 0 Å². The third-order valence-corrected chi connectivity index (χ3v) is 3.42. The zero-order valence-electron chi connectivity index (χ0n) is 14.1. The minimum Gasteiger partial charge on any atom is -0.496 e. The predicted molar refractivity (Wildman–Crippen MR) is 99.5 cm³/mol. The second-order valence-corrected chi connectivity index (χ2v) is 5.00. The standard InChI is InChI=1S/C19H23NO3.ClH/c1-4-11-23-18-10-9-15(12-19(18)22-3)13-20-14-16-7-5-6-8-17(16)21-2;/h4-10,12,20H,1,11,13-14H2,2-3H3;1H. The van der Waals surface area contributed by atoms with E-state index in [4.69, 9.17) is 14.2 Å². The van der Waals surface area contributed by atoms with E-state index in [-0.39, 0.29) is 12.4 Å². The largest absolute Gasteiger partial charge is 0.496 e. The molecule has 0 aliphatic carbocycles. The lowest BCUT2D eigenvalue weighted by molar-refractivity contribution is 0.326. The van der Waals surface area contributed by atoms with Crippen LogP contribution in [-0.4, -0.2) is 20.8 Å². The number of rotatable bonds is 9. The van der Waals surface area contributed by atoms with Crippen LogP contribution in [0.25, 0.3) is 0 Å². The molecule has 0 radical (unpaired) electrons. The minimum absolute atomic E-state index is 0. The van der Waals surface area contributed by atoms with Crippen molar-refractivity contribution in [1.82, 2.24) is 5.32 Å². The Morgan fingerprint density at radius 1 is 0.958 bits per heavy atom.